The van der Waals surface area contributed by atoms with Crippen molar-refractivity contribution < 1.29 is 8.42 Å². The molecule has 6 rings (SSSR count). The summed E-state index contributed by atoms with van der Waals surface area (Å²) in [7, 11) is -3.84. The van der Waals surface area contributed by atoms with Gasteiger partial charge < -0.3 is 0 Å². The first-order valence-electron chi connectivity index (χ1n) is 9.55. The lowest BCUT2D eigenvalue weighted by Gasteiger charge is -2.09. The zero-order valence-electron chi connectivity index (χ0n) is 16.0. The van der Waals surface area contributed by atoms with E-state index in [1.54, 1.807) is 40.9 Å². The van der Waals surface area contributed by atoms with Gasteiger partial charge in [0.2, 0.25) is 15.6 Å². The van der Waals surface area contributed by atoms with Gasteiger partial charge in [0.05, 0.1) is 26.1 Å². The molecule has 0 aliphatic heterocycles. The number of rotatable bonds is 3. The van der Waals surface area contributed by atoms with E-state index in [0.717, 1.165) is 21.3 Å². The average molecular weight is 443 g/mol. The molecular formula is C23H14N4O2S2. The van der Waals surface area contributed by atoms with E-state index >= 15 is 0 Å². The molecule has 150 valence electrons. The quantitative estimate of drug-likeness (QED) is 0.386. The highest BCUT2D eigenvalue weighted by Gasteiger charge is 2.27. The van der Waals surface area contributed by atoms with Crippen molar-refractivity contribution in [3.63, 3.8) is 0 Å². The molecule has 3 aromatic carbocycles. The van der Waals surface area contributed by atoms with Crippen LogP contribution >= 0.6 is 11.3 Å². The molecule has 6 nitrogen and oxygen atoms in total. The number of para-hydroxylation sites is 3. The van der Waals surface area contributed by atoms with Gasteiger partial charge in [-0.1, -0.05) is 42.5 Å². The van der Waals surface area contributed by atoms with E-state index in [0.29, 0.717) is 16.5 Å². The lowest BCUT2D eigenvalue weighted by atomic mass is 10.3. The molecule has 31 heavy (non-hydrogen) atoms. The van der Waals surface area contributed by atoms with Gasteiger partial charge >= 0.3 is 0 Å². The number of hydrogen-bond donors (Lipinski definition) is 0. The van der Waals surface area contributed by atoms with Crippen molar-refractivity contribution in [2.24, 2.45) is 0 Å². The number of sulfone groups is 1. The monoisotopic (exact) mass is 442 g/mol. The molecule has 0 saturated heterocycles. The predicted octanol–water partition coefficient (Wildman–Crippen LogP) is 4.99. The summed E-state index contributed by atoms with van der Waals surface area (Å²) in [6, 6.07) is 23.7. The first-order valence-corrected chi connectivity index (χ1v) is 11.9. The molecule has 8 heteroatoms. The molecule has 0 saturated carbocycles. The summed E-state index contributed by atoms with van der Waals surface area (Å²) in [5.41, 5.74) is 2.67. The number of fused-ring (bicyclic) bond motifs is 4. The lowest BCUT2D eigenvalue weighted by Crippen LogP contribution is -2.08. The Morgan fingerprint density at radius 3 is 2.26 bits per heavy atom. The normalized spacial score (nSPS) is 12.1. The second-order valence-corrected chi connectivity index (χ2v) is 9.98. The highest BCUT2D eigenvalue weighted by molar-refractivity contribution is 7.91. The molecule has 0 aliphatic rings. The Hall–Kier alpha value is -3.62. The fourth-order valence-electron chi connectivity index (χ4n) is 3.62. The van der Waals surface area contributed by atoms with E-state index in [2.05, 4.69) is 9.97 Å². The largest absolute Gasteiger partial charge is 0.282 e. The van der Waals surface area contributed by atoms with Gasteiger partial charge in [0.15, 0.2) is 0 Å². The smallest absolute Gasteiger partial charge is 0.235 e. The third kappa shape index (κ3) is 2.83. The Morgan fingerprint density at radius 1 is 0.742 bits per heavy atom. The van der Waals surface area contributed by atoms with E-state index in [1.165, 1.54) is 11.3 Å². The lowest BCUT2D eigenvalue weighted by molar-refractivity contribution is 0.595. The summed E-state index contributed by atoms with van der Waals surface area (Å²) < 4.78 is 30.0. The molecule has 0 bridgehead atoms. The standard InChI is InChI=1S/C23H14N4O2S2/c28-31(29,15-8-2-1-3-9-15)20-14-27-18-12-6-4-10-16(18)25-23(27)26-21(20)22-24-17-11-5-7-13-19(17)30-22/h1-14H. The fraction of sp³-hybridized carbons (Fsp3) is 0. The Kier molecular flexibility index (Phi) is 3.92. The molecule has 0 amide bonds. The van der Waals surface area contributed by atoms with Crippen LogP contribution in [0.2, 0.25) is 0 Å². The summed E-state index contributed by atoms with van der Waals surface area (Å²) in [5, 5.41) is 0.547. The molecule has 0 fully saturated rings. The van der Waals surface area contributed by atoms with Crippen LogP contribution in [0.25, 0.3) is 37.7 Å². The Balaban J connectivity index is 1.71. The van der Waals surface area contributed by atoms with Crippen LogP contribution in [0.5, 0.6) is 0 Å². The minimum atomic E-state index is -3.84. The van der Waals surface area contributed by atoms with E-state index < -0.39 is 9.84 Å². The van der Waals surface area contributed by atoms with E-state index in [9.17, 15) is 8.42 Å². The highest BCUT2D eigenvalue weighted by Crippen LogP contribution is 2.35. The third-order valence-electron chi connectivity index (χ3n) is 5.11. The highest BCUT2D eigenvalue weighted by atomic mass is 32.2. The molecule has 6 aromatic rings. The number of benzene rings is 3. The van der Waals surface area contributed by atoms with Crippen LogP contribution in [0, 0.1) is 0 Å². The Bertz CT molecular complexity index is 1670. The van der Waals surface area contributed by atoms with Crippen molar-refractivity contribution in [2.45, 2.75) is 9.79 Å². The van der Waals surface area contributed by atoms with Crippen molar-refractivity contribution in [2.75, 3.05) is 0 Å². The summed E-state index contributed by atoms with van der Waals surface area (Å²) >= 11 is 1.42. The average Bonchev–Trinajstić information content (AvgIpc) is 3.40. The molecule has 0 spiro atoms. The maximum atomic E-state index is 13.6. The number of hydrogen-bond acceptors (Lipinski definition) is 6. The Labute approximate surface area is 181 Å². The summed E-state index contributed by atoms with van der Waals surface area (Å²) in [6.07, 6.45) is 1.61. The van der Waals surface area contributed by atoms with Crippen LogP contribution in [0.1, 0.15) is 0 Å². The van der Waals surface area contributed by atoms with Crippen LogP contribution in [0.15, 0.2) is 94.9 Å². The van der Waals surface area contributed by atoms with Gasteiger partial charge in [-0.15, -0.1) is 11.3 Å². The van der Waals surface area contributed by atoms with Crippen molar-refractivity contribution in [3.8, 4) is 10.7 Å². The second-order valence-electron chi connectivity index (χ2n) is 7.03. The zero-order valence-corrected chi connectivity index (χ0v) is 17.6. The SMILES string of the molecule is O=S(=O)(c1ccccc1)c1cn2c(nc1-c1nc3ccccc3s1)nc1ccccc12. The van der Waals surface area contributed by atoms with Gasteiger partial charge in [-0.3, -0.25) is 4.40 Å². The molecule has 0 aliphatic carbocycles. The first-order chi connectivity index (χ1) is 15.1. The predicted molar refractivity (Wildman–Crippen MR) is 121 cm³/mol. The molecule has 0 unspecified atom stereocenters. The van der Waals surface area contributed by atoms with E-state index in [1.807, 2.05) is 48.5 Å². The van der Waals surface area contributed by atoms with Crippen molar-refractivity contribution in [1.29, 1.82) is 0 Å². The van der Waals surface area contributed by atoms with Crippen molar-refractivity contribution in [1.82, 2.24) is 19.4 Å². The van der Waals surface area contributed by atoms with Gasteiger partial charge in [-0.05, 0) is 36.4 Å². The molecular weight excluding hydrogens is 428 g/mol. The molecule has 3 heterocycles. The number of nitrogens with zero attached hydrogens (tertiary/aromatic N) is 4. The van der Waals surface area contributed by atoms with Crippen LogP contribution in [0.4, 0.5) is 0 Å². The summed E-state index contributed by atoms with van der Waals surface area (Å²) in [6.45, 7) is 0. The van der Waals surface area contributed by atoms with Crippen molar-refractivity contribution >= 4 is 48.2 Å². The minimum absolute atomic E-state index is 0.105. The van der Waals surface area contributed by atoms with Gasteiger partial charge in [-0.2, -0.15) is 0 Å². The topological polar surface area (TPSA) is 77.2 Å². The first kappa shape index (κ1) is 18.2. The van der Waals surface area contributed by atoms with Gasteiger partial charge in [0.25, 0.3) is 0 Å². The summed E-state index contributed by atoms with van der Waals surface area (Å²) in [5.74, 6) is 0.433. The Morgan fingerprint density at radius 2 is 1.45 bits per heavy atom. The number of thiazole rings is 1. The number of aromatic nitrogens is 4. The van der Waals surface area contributed by atoms with Crippen LogP contribution < -0.4 is 0 Å². The van der Waals surface area contributed by atoms with Crippen LogP contribution in [0.3, 0.4) is 0 Å². The fourth-order valence-corrected chi connectivity index (χ4v) is 6.07. The third-order valence-corrected chi connectivity index (χ3v) is 7.92. The molecule has 0 N–H and O–H groups in total. The maximum absolute atomic E-state index is 13.6. The van der Waals surface area contributed by atoms with Crippen LogP contribution in [-0.2, 0) is 9.84 Å². The van der Waals surface area contributed by atoms with E-state index in [-0.39, 0.29) is 9.79 Å². The van der Waals surface area contributed by atoms with E-state index in [4.69, 9.17) is 4.98 Å². The van der Waals surface area contributed by atoms with Crippen LogP contribution in [-0.4, -0.2) is 27.8 Å². The molecule has 0 atom stereocenters. The minimum Gasteiger partial charge on any atom is -0.282 e. The van der Waals surface area contributed by atoms with Gasteiger partial charge in [0, 0.05) is 6.20 Å². The zero-order chi connectivity index (χ0) is 21.0. The number of imidazole rings is 1. The molecule has 3 aromatic heterocycles. The maximum Gasteiger partial charge on any atom is 0.235 e. The summed E-state index contributed by atoms with van der Waals surface area (Å²) in [4.78, 5) is 14.3. The van der Waals surface area contributed by atoms with Crippen molar-refractivity contribution in [3.05, 3.63) is 85.1 Å². The van der Waals surface area contributed by atoms with Gasteiger partial charge in [-0.25, -0.2) is 23.4 Å². The van der Waals surface area contributed by atoms with Gasteiger partial charge in [0.1, 0.15) is 15.6 Å². The second kappa shape index (κ2) is 6.69. The molecule has 0 radical (unpaired) electrons.